The van der Waals surface area contributed by atoms with E-state index in [1.807, 2.05) is 12.1 Å². The average Bonchev–Trinajstić information content (AvgIpc) is 3.03. The largest absolute Gasteiger partial charge is 0.496 e. The molecule has 2 heterocycles. The summed E-state index contributed by atoms with van der Waals surface area (Å²) in [5.41, 5.74) is 0.148. The van der Waals surface area contributed by atoms with Crippen LogP contribution in [0.1, 0.15) is 24.3 Å². The molecular formula is C15H18Br2N2O3. The van der Waals surface area contributed by atoms with Gasteiger partial charge in [0.25, 0.3) is 0 Å². The van der Waals surface area contributed by atoms with E-state index in [4.69, 9.17) is 4.74 Å². The van der Waals surface area contributed by atoms with Gasteiger partial charge in [-0.1, -0.05) is 15.9 Å². The lowest BCUT2D eigenvalue weighted by Gasteiger charge is -2.30. The van der Waals surface area contributed by atoms with Crippen molar-refractivity contribution in [1.29, 1.82) is 0 Å². The van der Waals surface area contributed by atoms with Crippen LogP contribution in [-0.2, 0) is 4.79 Å². The Kier molecular flexibility index (Phi) is 4.26. The number of nitrogens with one attached hydrogen (secondary N) is 1. The third-order valence-electron chi connectivity index (χ3n) is 4.72. The molecule has 2 N–H and O–H groups in total. The Morgan fingerprint density at radius 3 is 2.73 bits per heavy atom. The van der Waals surface area contributed by atoms with Crippen molar-refractivity contribution in [3.8, 4) is 5.75 Å². The van der Waals surface area contributed by atoms with E-state index in [0.717, 1.165) is 33.9 Å². The average molecular weight is 434 g/mol. The Morgan fingerprint density at radius 2 is 2.14 bits per heavy atom. The number of benzene rings is 1. The van der Waals surface area contributed by atoms with Crippen molar-refractivity contribution < 1.29 is 14.6 Å². The summed E-state index contributed by atoms with van der Waals surface area (Å²) in [4.78, 5) is 14.1. The van der Waals surface area contributed by atoms with Crippen molar-refractivity contribution in [2.75, 3.05) is 20.7 Å². The van der Waals surface area contributed by atoms with Gasteiger partial charge in [0.05, 0.1) is 17.5 Å². The number of halogens is 2. The fraction of sp³-hybridized carbons (Fsp3) is 0.533. The second kappa shape index (κ2) is 5.78. The molecule has 1 aromatic carbocycles. The van der Waals surface area contributed by atoms with Crippen molar-refractivity contribution >= 4 is 37.8 Å². The minimum absolute atomic E-state index is 0.0451. The molecule has 3 unspecified atom stereocenters. The fourth-order valence-electron chi connectivity index (χ4n) is 3.63. The van der Waals surface area contributed by atoms with Gasteiger partial charge < -0.3 is 20.1 Å². The van der Waals surface area contributed by atoms with Gasteiger partial charge in [-0.25, -0.2) is 0 Å². The Bertz CT molecular complexity index is 617. The molecule has 0 aromatic heterocycles. The van der Waals surface area contributed by atoms with Gasteiger partial charge in [0.1, 0.15) is 17.5 Å². The van der Waals surface area contributed by atoms with Gasteiger partial charge in [0.2, 0.25) is 5.91 Å². The van der Waals surface area contributed by atoms with Crippen LogP contribution in [0.3, 0.4) is 0 Å². The lowest BCUT2D eigenvalue weighted by molar-refractivity contribution is -0.135. The molecule has 2 saturated heterocycles. The molecule has 0 radical (unpaired) electrons. The van der Waals surface area contributed by atoms with E-state index in [0.29, 0.717) is 5.75 Å². The van der Waals surface area contributed by atoms with Crippen LogP contribution in [0, 0.1) is 0 Å². The van der Waals surface area contributed by atoms with Gasteiger partial charge in [0.15, 0.2) is 0 Å². The highest BCUT2D eigenvalue weighted by molar-refractivity contribution is 9.11. The summed E-state index contributed by atoms with van der Waals surface area (Å²) in [7, 11) is 3.25. The topological polar surface area (TPSA) is 61.8 Å². The fourth-order valence-corrected chi connectivity index (χ4v) is 5.03. The highest BCUT2D eigenvalue weighted by Crippen LogP contribution is 2.48. The number of aliphatic hydroxyl groups excluding tert-OH is 1. The molecule has 7 heteroatoms. The monoisotopic (exact) mass is 432 g/mol. The number of likely N-dealkylation sites (N-methyl/N-ethyl adjacent to an activating group) is 1. The summed E-state index contributed by atoms with van der Waals surface area (Å²) >= 11 is 7.02. The van der Waals surface area contributed by atoms with Crippen LogP contribution < -0.4 is 10.1 Å². The van der Waals surface area contributed by atoms with E-state index in [9.17, 15) is 9.90 Å². The highest BCUT2D eigenvalue weighted by Gasteiger charge is 2.59. The van der Waals surface area contributed by atoms with Gasteiger partial charge in [0, 0.05) is 11.5 Å². The summed E-state index contributed by atoms with van der Waals surface area (Å²) in [6.45, 7) is 0.786. The zero-order valence-corrected chi connectivity index (χ0v) is 15.6. The summed E-state index contributed by atoms with van der Waals surface area (Å²) in [5.74, 6) is 0.292. The zero-order valence-electron chi connectivity index (χ0n) is 12.4. The number of amides is 1. The van der Waals surface area contributed by atoms with Crippen molar-refractivity contribution in [2.45, 2.75) is 30.5 Å². The molecule has 0 bridgehead atoms. The van der Waals surface area contributed by atoms with Crippen LogP contribution in [0.4, 0.5) is 0 Å². The molecular weight excluding hydrogens is 416 g/mol. The second-order valence-corrected chi connectivity index (χ2v) is 7.53. The first-order valence-corrected chi connectivity index (χ1v) is 8.74. The Morgan fingerprint density at radius 1 is 1.41 bits per heavy atom. The minimum atomic E-state index is -0.861. The van der Waals surface area contributed by atoms with Crippen LogP contribution in [0.15, 0.2) is 21.1 Å². The number of carbonyl (C=O) groups excluding carboxylic acids is 1. The van der Waals surface area contributed by atoms with Crippen molar-refractivity contribution in [2.24, 2.45) is 0 Å². The van der Waals surface area contributed by atoms with Gasteiger partial charge in [-0.3, -0.25) is 4.79 Å². The molecule has 0 saturated carbocycles. The SMILES string of the molecule is COc1cc(C2C(O)N(C)C(=O)C23CCCN3)c(Br)cc1Br. The molecule has 2 aliphatic rings. The number of nitrogens with zero attached hydrogens (tertiary/aromatic N) is 1. The van der Waals surface area contributed by atoms with Crippen LogP contribution >= 0.6 is 31.9 Å². The normalized spacial score (nSPS) is 31.3. The molecule has 3 atom stereocenters. The molecule has 1 spiro atoms. The lowest BCUT2D eigenvalue weighted by atomic mass is 9.79. The summed E-state index contributed by atoms with van der Waals surface area (Å²) in [5, 5.41) is 14.0. The highest BCUT2D eigenvalue weighted by atomic mass is 79.9. The smallest absolute Gasteiger partial charge is 0.245 e. The molecule has 1 amide bonds. The van der Waals surface area contributed by atoms with Crippen molar-refractivity contribution in [3.05, 3.63) is 26.6 Å². The Hall–Kier alpha value is -0.630. The maximum atomic E-state index is 12.7. The molecule has 2 fully saturated rings. The van der Waals surface area contributed by atoms with Gasteiger partial charge >= 0.3 is 0 Å². The first-order valence-electron chi connectivity index (χ1n) is 7.15. The Labute approximate surface area is 146 Å². The maximum Gasteiger partial charge on any atom is 0.245 e. The van der Waals surface area contributed by atoms with Crippen LogP contribution in [0.25, 0.3) is 0 Å². The second-order valence-electron chi connectivity index (χ2n) is 5.82. The van der Waals surface area contributed by atoms with Crippen LogP contribution in [-0.4, -0.2) is 48.4 Å². The number of ether oxygens (including phenoxy) is 1. The van der Waals surface area contributed by atoms with Crippen LogP contribution in [0.5, 0.6) is 5.75 Å². The number of carbonyl (C=O) groups is 1. The summed E-state index contributed by atoms with van der Waals surface area (Å²) < 4.78 is 7.04. The molecule has 2 aliphatic heterocycles. The van der Waals surface area contributed by atoms with Crippen molar-refractivity contribution in [1.82, 2.24) is 10.2 Å². The number of hydrogen-bond donors (Lipinski definition) is 2. The number of hydrogen-bond acceptors (Lipinski definition) is 4. The standard InChI is InChI=1S/C15H18Br2N2O3/c1-19-13(20)12(15(14(19)21)4-3-5-18-15)8-6-11(22-2)10(17)7-9(8)16/h6-7,12-13,18,20H,3-5H2,1-2H3. The van der Waals surface area contributed by atoms with E-state index in [-0.39, 0.29) is 11.8 Å². The molecule has 0 aliphatic carbocycles. The molecule has 120 valence electrons. The summed E-state index contributed by atoms with van der Waals surface area (Å²) in [6.07, 6.45) is 0.789. The number of likely N-dealkylation sites (tertiary alicyclic amines) is 1. The molecule has 3 rings (SSSR count). The van der Waals surface area contributed by atoms with E-state index in [1.165, 1.54) is 4.90 Å². The zero-order chi connectivity index (χ0) is 16.1. The number of aliphatic hydroxyl groups is 1. The van der Waals surface area contributed by atoms with Crippen molar-refractivity contribution in [3.63, 3.8) is 0 Å². The molecule has 5 nitrogen and oxygen atoms in total. The van der Waals surface area contributed by atoms with Gasteiger partial charge in [-0.15, -0.1) is 0 Å². The predicted octanol–water partition coefficient (Wildman–Crippen LogP) is 2.22. The molecule has 22 heavy (non-hydrogen) atoms. The number of methoxy groups -OCH3 is 1. The molecule has 1 aromatic rings. The Balaban J connectivity index is 2.15. The van der Waals surface area contributed by atoms with E-state index >= 15 is 0 Å². The van der Waals surface area contributed by atoms with E-state index in [1.54, 1.807) is 14.2 Å². The van der Waals surface area contributed by atoms with E-state index in [2.05, 4.69) is 37.2 Å². The third kappa shape index (κ3) is 2.21. The maximum absolute atomic E-state index is 12.7. The van der Waals surface area contributed by atoms with Gasteiger partial charge in [-0.05, 0) is 53.0 Å². The summed E-state index contributed by atoms with van der Waals surface area (Å²) in [6, 6.07) is 3.78. The first-order chi connectivity index (χ1) is 10.4. The number of rotatable bonds is 2. The van der Waals surface area contributed by atoms with Gasteiger partial charge in [-0.2, -0.15) is 0 Å². The lowest BCUT2D eigenvalue weighted by Crippen LogP contribution is -2.50. The third-order valence-corrected chi connectivity index (χ3v) is 6.03. The minimum Gasteiger partial charge on any atom is -0.496 e. The quantitative estimate of drug-likeness (QED) is 0.750. The van der Waals surface area contributed by atoms with E-state index < -0.39 is 11.8 Å². The van der Waals surface area contributed by atoms with Crippen LogP contribution in [0.2, 0.25) is 0 Å². The first kappa shape index (κ1) is 16.2. The predicted molar refractivity (Wildman–Crippen MR) is 89.9 cm³/mol.